The minimum Gasteiger partial charge on any atom is -0.470 e. The Morgan fingerprint density at radius 3 is 2.65 bits per heavy atom. The fourth-order valence-corrected chi connectivity index (χ4v) is 3.24. The highest BCUT2D eigenvalue weighted by Crippen LogP contribution is 2.31. The standard InChI is InChI=1S/C21H16Cl3N5O2/c22-15-6-4-14(5-7-15)11-29-12-16(10-25-29)26-21(30)18-8-9-28(27-18)13-31-19-3-1-2-17(23)20(19)24/h1-10,12H,11,13H2,(H,26,30). The third-order valence-corrected chi connectivity index (χ3v) is 5.34. The summed E-state index contributed by atoms with van der Waals surface area (Å²) in [6, 6.07) is 14.2. The maximum Gasteiger partial charge on any atom is 0.276 e. The van der Waals surface area contributed by atoms with Crippen molar-refractivity contribution in [3.05, 3.63) is 93.4 Å². The molecule has 7 nitrogen and oxygen atoms in total. The second kappa shape index (κ2) is 9.43. The Bertz CT molecular complexity index is 1200. The molecular formula is C21H16Cl3N5O2. The van der Waals surface area contributed by atoms with Crippen molar-refractivity contribution < 1.29 is 9.53 Å². The quantitative estimate of drug-likeness (QED) is 0.389. The van der Waals surface area contributed by atoms with Crippen molar-refractivity contribution in [2.45, 2.75) is 13.3 Å². The van der Waals surface area contributed by atoms with E-state index in [4.69, 9.17) is 39.5 Å². The second-order valence-electron chi connectivity index (χ2n) is 6.57. The van der Waals surface area contributed by atoms with Crippen LogP contribution in [0.15, 0.2) is 67.1 Å². The van der Waals surface area contributed by atoms with Crippen LogP contribution in [-0.4, -0.2) is 25.5 Å². The maximum absolute atomic E-state index is 12.5. The van der Waals surface area contributed by atoms with Gasteiger partial charge in [0.15, 0.2) is 12.4 Å². The van der Waals surface area contributed by atoms with E-state index in [9.17, 15) is 4.79 Å². The molecule has 0 radical (unpaired) electrons. The summed E-state index contributed by atoms with van der Waals surface area (Å²) in [4.78, 5) is 12.5. The Morgan fingerprint density at radius 2 is 1.84 bits per heavy atom. The molecule has 158 valence electrons. The van der Waals surface area contributed by atoms with Crippen LogP contribution in [0, 0.1) is 0 Å². The largest absolute Gasteiger partial charge is 0.470 e. The molecule has 2 aromatic heterocycles. The predicted molar refractivity (Wildman–Crippen MR) is 120 cm³/mol. The van der Waals surface area contributed by atoms with Crippen molar-refractivity contribution in [3.63, 3.8) is 0 Å². The summed E-state index contributed by atoms with van der Waals surface area (Å²) in [6.07, 6.45) is 4.96. The topological polar surface area (TPSA) is 74.0 Å². The smallest absolute Gasteiger partial charge is 0.276 e. The molecule has 4 aromatic rings. The molecule has 2 heterocycles. The summed E-state index contributed by atoms with van der Waals surface area (Å²) in [5, 5.41) is 12.7. The summed E-state index contributed by atoms with van der Waals surface area (Å²) in [7, 11) is 0. The van der Waals surface area contributed by atoms with Crippen LogP contribution in [0.5, 0.6) is 5.75 Å². The molecule has 0 atom stereocenters. The van der Waals surface area contributed by atoms with Gasteiger partial charge in [0.2, 0.25) is 0 Å². The summed E-state index contributed by atoms with van der Waals surface area (Å²) in [5.41, 5.74) is 1.85. The van der Waals surface area contributed by atoms with Gasteiger partial charge in [-0.2, -0.15) is 10.2 Å². The van der Waals surface area contributed by atoms with Gasteiger partial charge in [-0.1, -0.05) is 53.0 Å². The van der Waals surface area contributed by atoms with E-state index >= 15 is 0 Å². The van der Waals surface area contributed by atoms with Gasteiger partial charge in [0.05, 0.1) is 23.5 Å². The molecule has 0 bridgehead atoms. The second-order valence-corrected chi connectivity index (χ2v) is 7.79. The lowest BCUT2D eigenvalue weighted by Gasteiger charge is -2.08. The zero-order valence-corrected chi connectivity index (χ0v) is 18.3. The lowest BCUT2D eigenvalue weighted by Crippen LogP contribution is -2.14. The molecule has 0 aliphatic carbocycles. The Hall–Kier alpha value is -3.00. The van der Waals surface area contributed by atoms with Crippen molar-refractivity contribution in [2.24, 2.45) is 0 Å². The van der Waals surface area contributed by atoms with Gasteiger partial charge in [0.25, 0.3) is 5.91 Å². The van der Waals surface area contributed by atoms with Crippen LogP contribution in [0.1, 0.15) is 16.1 Å². The van der Waals surface area contributed by atoms with Crippen LogP contribution in [0.25, 0.3) is 0 Å². The van der Waals surface area contributed by atoms with Gasteiger partial charge in [0, 0.05) is 17.4 Å². The highest BCUT2D eigenvalue weighted by atomic mass is 35.5. The summed E-state index contributed by atoms with van der Waals surface area (Å²) < 4.78 is 8.82. The average Bonchev–Trinajstić information content (AvgIpc) is 3.40. The molecule has 0 aliphatic rings. The van der Waals surface area contributed by atoms with Gasteiger partial charge in [-0.3, -0.25) is 9.48 Å². The molecule has 0 fully saturated rings. The van der Waals surface area contributed by atoms with E-state index in [1.807, 2.05) is 24.3 Å². The number of amides is 1. The fraction of sp³-hybridized carbons (Fsp3) is 0.0952. The summed E-state index contributed by atoms with van der Waals surface area (Å²) in [5.74, 6) is 0.0781. The minimum absolute atomic E-state index is 0.0758. The number of carbonyl (C=O) groups is 1. The molecule has 10 heteroatoms. The van der Waals surface area contributed by atoms with Crippen LogP contribution < -0.4 is 10.1 Å². The van der Waals surface area contributed by atoms with Crippen LogP contribution in [-0.2, 0) is 13.3 Å². The van der Waals surface area contributed by atoms with Crippen LogP contribution in [0.2, 0.25) is 15.1 Å². The van der Waals surface area contributed by atoms with E-state index in [0.717, 1.165) is 5.56 Å². The number of anilines is 1. The molecule has 31 heavy (non-hydrogen) atoms. The number of hydrogen-bond acceptors (Lipinski definition) is 4. The number of nitrogens with zero attached hydrogens (tertiary/aromatic N) is 4. The third-order valence-electron chi connectivity index (χ3n) is 4.29. The zero-order valence-electron chi connectivity index (χ0n) is 16.0. The Morgan fingerprint density at radius 1 is 1.03 bits per heavy atom. The number of benzene rings is 2. The van der Waals surface area contributed by atoms with E-state index in [2.05, 4.69) is 15.5 Å². The number of aromatic nitrogens is 4. The average molecular weight is 477 g/mol. The van der Waals surface area contributed by atoms with E-state index in [1.54, 1.807) is 47.5 Å². The molecule has 4 rings (SSSR count). The number of ether oxygens (including phenoxy) is 1. The minimum atomic E-state index is -0.356. The van der Waals surface area contributed by atoms with E-state index in [0.29, 0.717) is 33.0 Å². The first-order chi connectivity index (χ1) is 15.0. The Balaban J connectivity index is 1.34. The van der Waals surface area contributed by atoms with E-state index in [1.165, 1.54) is 4.68 Å². The normalized spacial score (nSPS) is 10.8. The summed E-state index contributed by atoms with van der Waals surface area (Å²) >= 11 is 18.0. The molecule has 1 amide bonds. The number of halogens is 3. The molecule has 2 aromatic carbocycles. The molecule has 0 spiro atoms. The van der Waals surface area contributed by atoms with Gasteiger partial charge < -0.3 is 10.1 Å². The Kier molecular flexibility index (Phi) is 6.46. The number of rotatable bonds is 7. The van der Waals surface area contributed by atoms with Gasteiger partial charge in [-0.05, 0) is 35.9 Å². The first kappa shape index (κ1) is 21.2. The Labute approximate surface area is 193 Å². The van der Waals surface area contributed by atoms with Crippen molar-refractivity contribution in [1.82, 2.24) is 19.6 Å². The van der Waals surface area contributed by atoms with Crippen molar-refractivity contribution in [3.8, 4) is 5.75 Å². The van der Waals surface area contributed by atoms with Gasteiger partial charge in [-0.25, -0.2) is 4.68 Å². The first-order valence-electron chi connectivity index (χ1n) is 9.16. The van der Waals surface area contributed by atoms with Crippen LogP contribution in [0.4, 0.5) is 5.69 Å². The molecule has 0 saturated heterocycles. The molecular weight excluding hydrogens is 461 g/mol. The van der Waals surface area contributed by atoms with E-state index < -0.39 is 0 Å². The van der Waals surface area contributed by atoms with E-state index in [-0.39, 0.29) is 18.3 Å². The lowest BCUT2D eigenvalue weighted by molar-refractivity contribution is 0.102. The monoisotopic (exact) mass is 475 g/mol. The van der Waals surface area contributed by atoms with Gasteiger partial charge in [-0.15, -0.1) is 0 Å². The van der Waals surface area contributed by atoms with Gasteiger partial charge in [0.1, 0.15) is 10.8 Å². The molecule has 1 N–H and O–H groups in total. The molecule has 0 saturated carbocycles. The van der Waals surface area contributed by atoms with Crippen LogP contribution in [0.3, 0.4) is 0 Å². The fourth-order valence-electron chi connectivity index (χ4n) is 2.77. The highest BCUT2D eigenvalue weighted by Gasteiger charge is 2.12. The predicted octanol–water partition coefficient (Wildman–Crippen LogP) is 5.38. The summed E-state index contributed by atoms with van der Waals surface area (Å²) in [6.45, 7) is 0.636. The zero-order chi connectivity index (χ0) is 21.8. The highest BCUT2D eigenvalue weighted by molar-refractivity contribution is 6.42. The first-order valence-corrected chi connectivity index (χ1v) is 10.3. The number of carbonyl (C=O) groups excluding carboxylic acids is 1. The van der Waals surface area contributed by atoms with Crippen molar-refractivity contribution in [2.75, 3.05) is 5.32 Å². The maximum atomic E-state index is 12.5. The molecule has 0 unspecified atom stereocenters. The number of nitrogens with one attached hydrogen (secondary N) is 1. The SMILES string of the molecule is O=C(Nc1cnn(Cc2ccc(Cl)cc2)c1)c1ccn(COc2cccc(Cl)c2Cl)n1. The van der Waals surface area contributed by atoms with Crippen molar-refractivity contribution >= 4 is 46.4 Å². The third kappa shape index (κ3) is 5.38. The lowest BCUT2D eigenvalue weighted by atomic mass is 10.2. The molecule has 0 aliphatic heterocycles. The van der Waals surface area contributed by atoms with Crippen molar-refractivity contribution in [1.29, 1.82) is 0 Å². The van der Waals surface area contributed by atoms with Gasteiger partial charge >= 0.3 is 0 Å². The number of hydrogen-bond donors (Lipinski definition) is 1. The van der Waals surface area contributed by atoms with Crippen LogP contribution >= 0.6 is 34.8 Å².